The SMILES string of the molecule is CCc1nc(-c2cccc(Cl)c2)nc2[nH]cc(Br)c12. The maximum absolute atomic E-state index is 6.02. The van der Waals surface area contributed by atoms with Crippen LogP contribution in [0.25, 0.3) is 22.4 Å². The molecule has 0 aliphatic carbocycles. The molecule has 0 saturated carbocycles. The van der Waals surface area contributed by atoms with Crippen LogP contribution in [0.4, 0.5) is 0 Å². The zero-order valence-electron chi connectivity index (χ0n) is 10.2. The number of aromatic amines is 1. The van der Waals surface area contributed by atoms with Gasteiger partial charge in [-0.1, -0.05) is 30.7 Å². The second-order valence-electron chi connectivity index (χ2n) is 4.22. The number of benzene rings is 1. The summed E-state index contributed by atoms with van der Waals surface area (Å²) in [5, 5.41) is 1.74. The Morgan fingerprint density at radius 1 is 1.32 bits per heavy atom. The average molecular weight is 337 g/mol. The highest BCUT2D eigenvalue weighted by Crippen LogP contribution is 2.28. The van der Waals surface area contributed by atoms with Crippen LogP contribution >= 0.6 is 27.5 Å². The number of aromatic nitrogens is 3. The van der Waals surface area contributed by atoms with Crippen molar-refractivity contribution in [3.05, 3.63) is 45.7 Å². The number of nitrogens with one attached hydrogen (secondary N) is 1. The first-order chi connectivity index (χ1) is 9.19. The van der Waals surface area contributed by atoms with Gasteiger partial charge in [0.2, 0.25) is 0 Å². The molecule has 1 N–H and O–H groups in total. The van der Waals surface area contributed by atoms with Crippen LogP contribution in [-0.4, -0.2) is 15.0 Å². The van der Waals surface area contributed by atoms with Gasteiger partial charge in [-0.3, -0.25) is 0 Å². The Balaban J connectivity index is 2.25. The van der Waals surface area contributed by atoms with Crippen LogP contribution in [0.3, 0.4) is 0 Å². The average Bonchev–Trinajstić information content (AvgIpc) is 2.80. The zero-order valence-corrected chi connectivity index (χ0v) is 12.6. The van der Waals surface area contributed by atoms with E-state index >= 15 is 0 Å². The fourth-order valence-corrected chi connectivity index (χ4v) is 2.80. The molecule has 3 rings (SSSR count). The van der Waals surface area contributed by atoms with E-state index in [-0.39, 0.29) is 0 Å². The van der Waals surface area contributed by atoms with Crippen LogP contribution in [-0.2, 0) is 6.42 Å². The van der Waals surface area contributed by atoms with E-state index < -0.39 is 0 Å². The number of hydrogen-bond donors (Lipinski definition) is 1. The zero-order chi connectivity index (χ0) is 13.4. The molecule has 3 aromatic rings. The van der Waals surface area contributed by atoms with Gasteiger partial charge in [-0.05, 0) is 34.5 Å². The van der Waals surface area contributed by atoms with Crippen molar-refractivity contribution >= 4 is 38.6 Å². The molecule has 3 nitrogen and oxygen atoms in total. The van der Waals surface area contributed by atoms with E-state index in [0.717, 1.165) is 33.2 Å². The van der Waals surface area contributed by atoms with E-state index in [1.807, 2.05) is 30.5 Å². The van der Waals surface area contributed by atoms with Gasteiger partial charge in [0.25, 0.3) is 0 Å². The number of H-pyrrole nitrogens is 1. The third kappa shape index (κ3) is 2.26. The van der Waals surface area contributed by atoms with Crippen LogP contribution in [0, 0.1) is 0 Å². The van der Waals surface area contributed by atoms with E-state index in [1.165, 1.54) is 0 Å². The lowest BCUT2D eigenvalue weighted by Gasteiger charge is -2.05. The predicted molar refractivity (Wildman–Crippen MR) is 81.4 cm³/mol. The van der Waals surface area contributed by atoms with Crippen molar-refractivity contribution in [2.45, 2.75) is 13.3 Å². The molecule has 0 aliphatic heterocycles. The summed E-state index contributed by atoms with van der Waals surface area (Å²) in [4.78, 5) is 12.4. The Labute approximate surface area is 124 Å². The second-order valence-corrected chi connectivity index (χ2v) is 5.51. The molecule has 0 fully saturated rings. The maximum Gasteiger partial charge on any atom is 0.161 e. The number of nitrogens with zero attached hydrogens (tertiary/aromatic N) is 2. The van der Waals surface area contributed by atoms with Crippen molar-refractivity contribution < 1.29 is 0 Å². The van der Waals surface area contributed by atoms with Crippen molar-refractivity contribution in [3.8, 4) is 11.4 Å². The number of aryl methyl sites for hydroxylation is 1. The summed E-state index contributed by atoms with van der Waals surface area (Å²) in [6.45, 7) is 2.09. The molecule has 0 radical (unpaired) electrons. The largest absolute Gasteiger partial charge is 0.345 e. The molecule has 0 aliphatic rings. The van der Waals surface area contributed by atoms with Gasteiger partial charge in [0, 0.05) is 21.3 Å². The Kier molecular flexibility index (Phi) is 3.29. The fraction of sp³-hybridized carbons (Fsp3) is 0.143. The topological polar surface area (TPSA) is 41.6 Å². The standard InChI is InChI=1S/C14H11BrClN3/c1-2-11-12-10(15)7-17-14(12)19-13(18-11)8-4-3-5-9(16)6-8/h3-7H,2H2,1H3,(H,17,18,19). The van der Waals surface area contributed by atoms with E-state index in [1.54, 1.807) is 0 Å². The van der Waals surface area contributed by atoms with Crippen molar-refractivity contribution in [3.63, 3.8) is 0 Å². The fourth-order valence-electron chi connectivity index (χ4n) is 2.08. The number of fused-ring (bicyclic) bond motifs is 1. The van der Waals surface area contributed by atoms with Crippen molar-refractivity contribution in [1.82, 2.24) is 15.0 Å². The molecule has 0 unspecified atom stereocenters. The number of rotatable bonds is 2. The molecule has 0 atom stereocenters. The van der Waals surface area contributed by atoms with Gasteiger partial charge in [0.15, 0.2) is 5.82 Å². The monoisotopic (exact) mass is 335 g/mol. The van der Waals surface area contributed by atoms with Crippen molar-refractivity contribution in [1.29, 1.82) is 0 Å². The first-order valence-electron chi connectivity index (χ1n) is 5.98. The van der Waals surface area contributed by atoms with Crippen LogP contribution in [0.2, 0.25) is 5.02 Å². The molecular weight excluding hydrogens is 326 g/mol. The molecule has 2 aromatic heterocycles. The normalized spacial score (nSPS) is 11.1. The molecule has 0 bridgehead atoms. The summed E-state index contributed by atoms with van der Waals surface area (Å²) >= 11 is 9.54. The van der Waals surface area contributed by atoms with Gasteiger partial charge in [-0.15, -0.1) is 0 Å². The Bertz CT molecular complexity index is 752. The highest BCUT2D eigenvalue weighted by Gasteiger charge is 2.12. The lowest BCUT2D eigenvalue weighted by molar-refractivity contribution is 1.03. The van der Waals surface area contributed by atoms with Crippen LogP contribution in [0.5, 0.6) is 0 Å². The molecule has 5 heteroatoms. The van der Waals surface area contributed by atoms with Gasteiger partial charge >= 0.3 is 0 Å². The highest BCUT2D eigenvalue weighted by atomic mass is 79.9. The van der Waals surface area contributed by atoms with Crippen LogP contribution in [0.1, 0.15) is 12.6 Å². The summed E-state index contributed by atoms with van der Waals surface area (Å²) in [5.41, 5.74) is 2.79. The summed E-state index contributed by atoms with van der Waals surface area (Å²) in [6, 6.07) is 7.58. The lowest BCUT2D eigenvalue weighted by atomic mass is 10.2. The minimum atomic E-state index is 0.687. The third-order valence-corrected chi connectivity index (χ3v) is 3.84. The molecule has 2 heterocycles. The summed E-state index contributed by atoms with van der Waals surface area (Å²) < 4.78 is 0.997. The van der Waals surface area contributed by atoms with Gasteiger partial charge < -0.3 is 4.98 Å². The van der Waals surface area contributed by atoms with Crippen molar-refractivity contribution in [2.24, 2.45) is 0 Å². The quantitative estimate of drug-likeness (QED) is 0.743. The smallest absolute Gasteiger partial charge is 0.161 e. The van der Waals surface area contributed by atoms with Gasteiger partial charge in [0.05, 0.1) is 11.1 Å². The first-order valence-corrected chi connectivity index (χ1v) is 7.15. The highest BCUT2D eigenvalue weighted by molar-refractivity contribution is 9.10. The summed E-state index contributed by atoms with van der Waals surface area (Å²) in [6.07, 6.45) is 2.74. The minimum Gasteiger partial charge on any atom is -0.345 e. The van der Waals surface area contributed by atoms with E-state index in [9.17, 15) is 0 Å². The minimum absolute atomic E-state index is 0.687. The molecule has 0 spiro atoms. The second kappa shape index (κ2) is 4.94. The molecule has 1 aromatic carbocycles. The maximum atomic E-state index is 6.02. The summed E-state index contributed by atoms with van der Waals surface area (Å²) in [5.74, 6) is 0.696. The third-order valence-electron chi connectivity index (χ3n) is 2.98. The van der Waals surface area contributed by atoms with Crippen molar-refractivity contribution in [2.75, 3.05) is 0 Å². The Hall–Kier alpha value is -1.39. The van der Waals surface area contributed by atoms with Gasteiger partial charge in [-0.2, -0.15) is 0 Å². The molecule has 96 valence electrons. The molecule has 0 saturated heterocycles. The molecular formula is C14H11BrClN3. The molecule has 0 amide bonds. The van der Waals surface area contributed by atoms with E-state index in [0.29, 0.717) is 10.8 Å². The molecule has 19 heavy (non-hydrogen) atoms. The van der Waals surface area contributed by atoms with Crippen LogP contribution < -0.4 is 0 Å². The Morgan fingerprint density at radius 3 is 2.89 bits per heavy atom. The summed E-state index contributed by atoms with van der Waals surface area (Å²) in [7, 11) is 0. The van der Waals surface area contributed by atoms with E-state index in [2.05, 4.69) is 37.8 Å². The van der Waals surface area contributed by atoms with Gasteiger partial charge in [-0.25, -0.2) is 9.97 Å². The number of halogens is 2. The first kappa shape index (κ1) is 12.6. The predicted octanol–water partition coefficient (Wildman–Crippen LogP) is 4.60. The van der Waals surface area contributed by atoms with E-state index in [4.69, 9.17) is 11.6 Å². The number of hydrogen-bond acceptors (Lipinski definition) is 2. The van der Waals surface area contributed by atoms with Crippen LogP contribution in [0.15, 0.2) is 34.9 Å². The Morgan fingerprint density at radius 2 is 2.16 bits per heavy atom. The lowest BCUT2D eigenvalue weighted by Crippen LogP contribution is -1.96. The van der Waals surface area contributed by atoms with Gasteiger partial charge in [0.1, 0.15) is 5.65 Å².